The molecule has 0 rings (SSSR count). The number of carbonyl (C=O) groups is 1. The molecule has 24 heavy (non-hydrogen) atoms. The predicted molar refractivity (Wildman–Crippen MR) is 105 cm³/mol. The van der Waals surface area contributed by atoms with Gasteiger partial charge in [-0.1, -0.05) is 88.2 Å². The normalized spacial score (nSPS) is 12.4. The molecule has 0 heterocycles. The van der Waals surface area contributed by atoms with Crippen molar-refractivity contribution in [3.8, 4) is 0 Å². The van der Waals surface area contributed by atoms with Crippen LogP contribution in [-0.4, -0.2) is 27.1 Å². The highest BCUT2D eigenvalue weighted by Gasteiger charge is 2.01. The topological polar surface area (TPSA) is 60.4 Å². The smallest absolute Gasteiger partial charge is 0.303 e. The van der Waals surface area contributed by atoms with E-state index in [1.165, 1.54) is 77.0 Å². The third-order valence-corrected chi connectivity index (χ3v) is 5.97. The van der Waals surface area contributed by atoms with Gasteiger partial charge < -0.3 is 9.66 Å². The van der Waals surface area contributed by atoms with Gasteiger partial charge >= 0.3 is 5.97 Å². The van der Waals surface area contributed by atoms with Crippen LogP contribution in [0.2, 0.25) is 0 Å². The minimum atomic E-state index is -0.664. The summed E-state index contributed by atoms with van der Waals surface area (Å²) in [6, 6.07) is 0. The van der Waals surface area contributed by atoms with Crippen molar-refractivity contribution in [2.75, 3.05) is 11.5 Å². The molecular weight excluding hydrogens is 320 g/mol. The Morgan fingerprint density at radius 2 is 1.04 bits per heavy atom. The Balaban J connectivity index is 3.01. The molecule has 0 saturated carbocycles. The lowest BCUT2D eigenvalue weighted by Crippen LogP contribution is -2.08. The van der Waals surface area contributed by atoms with Crippen LogP contribution in [0, 0.1) is 0 Å². The van der Waals surface area contributed by atoms with Gasteiger partial charge in [-0.15, -0.1) is 0 Å². The van der Waals surface area contributed by atoms with Crippen LogP contribution in [0.3, 0.4) is 0 Å². The minimum absolute atomic E-state index is 0.332. The summed E-state index contributed by atoms with van der Waals surface area (Å²) in [5.41, 5.74) is 0. The molecule has 0 aromatic carbocycles. The zero-order valence-electron chi connectivity index (χ0n) is 15.9. The first-order valence-electron chi connectivity index (χ1n) is 10.2. The molecule has 0 aliphatic carbocycles. The number of aliphatic carboxylic acids is 1. The van der Waals surface area contributed by atoms with Crippen LogP contribution in [0.1, 0.15) is 110 Å². The Bertz CT molecular complexity index is 272. The summed E-state index contributed by atoms with van der Waals surface area (Å²) in [5, 5.41) is 8.55. The quantitative estimate of drug-likeness (QED) is 0.224. The van der Waals surface area contributed by atoms with Gasteiger partial charge in [0.25, 0.3) is 0 Å². The number of unbranched alkanes of at least 4 members (excludes halogenated alkanes) is 14. The second-order valence-electron chi connectivity index (χ2n) is 6.88. The van der Waals surface area contributed by atoms with Crippen LogP contribution in [-0.2, 0) is 16.0 Å². The fourth-order valence-electron chi connectivity index (χ4n) is 2.98. The molecular formula is C20H40O3S. The largest absolute Gasteiger partial charge is 0.616 e. The summed E-state index contributed by atoms with van der Waals surface area (Å²) >= 11 is -0.570. The highest BCUT2D eigenvalue weighted by atomic mass is 32.2. The second kappa shape index (κ2) is 19.1. The summed E-state index contributed by atoms with van der Waals surface area (Å²) in [7, 11) is 0. The van der Waals surface area contributed by atoms with Crippen LogP contribution in [0.5, 0.6) is 0 Å². The highest BCUT2D eigenvalue weighted by molar-refractivity contribution is 7.91. The molecule has 1 unspecified atom stereocenters. The van der Waals surface area contributed by atoms with E-state index >= 15 is 0 Å². The molecule has 1 N–H and O–H groups in total. The van der Waals surface area contributed by atoms with E-state index in [0.717, 1.165) is 30.8 Å². The van der Waals surface area contributed by atoms with Gasteiger partial charge in [-0.05, 0) is 26.2 Å². The molecule has 0 bridgehead atoms. The van der Waals surface area contributed by atoms with Gasteiger partial charge in [0.2, 0.25) is 0 Å². The summed E-state index contributed by atoms with van der Waals surface area (Å²) in [6.07, 6.45) is 19.2. The number of carboxylic acids is 1. The van der Waals surface area contributed by atoms with Gasteiger partial charge in [-0.2, -0.15) is 0 Å². The van der Waals surface area contributed by atoms with Gasteiger partial charge in [0, 0.05) is 6.42 Å². The molecule has 0 aromatic heterocycles. The van der Waals surface area contributed by atoms with Gasteiger partial charge in [-0.3, -0.25) is 4.79 Å². The molecule has 0 amide bonds. The fourth-order valence-corrected chi connectivity index (χ4v) is 3.80. The third-order valence-electron chi connectivity index (χ3n) is 4.58. The minimum Gasteiger partial charge on any atom is -0.616 e. The van der Waals surface area contributed by atoms with E-state index < -0.39 is 17.1 Å². The molecule has 0 aliphatic rings. The standard InChI is InChI=1S/C20H40O3S/c1-2-24(23)19-17-15-13-11-9-7-5-3-4-6-8-10-12-14-16-18-20(21)22/h2-19H2,1H3,(H,21,22). The fraction of sp³-hybridized carbons (Fsp3) is 0.950. The zero-order chi connectivity index (χ0) is 17.9. The Morgan fingerprint density at radius 1 is 0.708 bits per heavy atom. The van der Waals surface area contributed by atoms with Crippen molar-refractivity contribution < 1.29 is 14.5 Å². The molecule has 3 nitrogen and oxygen atoms in total. The number of hydrogen-bond donors (Lipinski definition) is 1. The van der Waals surface area contributed by atoms with Gasteiger partial charge in [0.1, 0.15) is 11.5 Å². The first-order valence-corrected chi connectivity index (χ1v) is 11.7. The van der Waals surface area contributed by atoms with Crippen LogP contribution in [0.4, 0.5) is 0 Å². The van der Waals surface area contributed by atoms with Crippen molar-refractivity contribution in [1.82, 2.24) is 0 Å². The Labute approximate surface area is 153 Å². The van der Waals surface area contributed by atoms with E-state index in [9.17, 15) is 9.35 Å². The van der Waals surface area contributed by atoms with Crippen molar-refractivity contribution in [3.05, 3.63) is 0 Å². The Hall–Kier alpha value is -0.220. The predicted octanol–water partition coefficient (Wildman–Crippen LogP) is 6.08. The molecule has 0 radical (unpaired) electrons. The number of rotatable bonds is 19. The molecule has 0 fully saturated rings. The lowest BCUT2D eigenvalue weighted by Gasteiger charge is -2.07. The third kappa shape index (κ3) is 19.8. The van der Waals surface area contributed by atoms with E-state index in [2.05, 4.69) is 0 Å². The first kappa shape index (κ1) is 23.8. The van der Waals surface area contributed by atoms with E-state index in [0.29, 0.717) is 6.42 Å². The van der Waals surface area contributed by atoms with Crippen LogP contribution >= 0.6 is 0 Å². The average molecular weight is 361 g/mol. The maximum atomic E-state index is 11.3. The summed E-state index contributed by atoms with van der Waals surface area (Å²) in [6.45, 7) is 2.00. The van der Waals surface area contributed by atoms with Gasteiger partial charge in [0.15, 0.2) is 0 Å². The second-order valence-corrected chi connectivity index (χ2v) is 8.74. The van der Waals surface area contributed by atoms with Crippen molar-refractivity contribution in [2.24, 2.45) is 0 Å². The van der Waals surface area contributed by atoms with Crippen LogP contribution < -0.4 is 0 Å². The monoisotopic (exact) mass is 360 g/mol. The maximum absolute atomic E-state index is 11.3. The molecule has 144 valence electrons. The van der Waals surface area contributed by atoms with Crippen molar-refractivity contribution >= 4 is 17.1 Å². The summed E-state index contributed by atoms with van der Waals surface area (Å²) < 4.78 is 11.3. The number of hydrogen-bond acceptors (Lipinski definition) is 2. The van der Waals surface area contributed by atoms with Crippen molar-refractivity contribution in [3.63, 3.8) is 0 Å². The SMILES string of the molecule is CC[S+]([O-])CCCCCCCCCCCCCCCCCC(=O)O. The van der Waals surface area contributed by atoms with E-state index in [1.807, 2.05) is 6.92 Å². The van der Waals surface area contributed by atoms with Crippen molar-refractivity contribution in [1.29, 1.82) is 0 Å². The lowest BCUT2D eigenvalue weighted by molar-refractivity contribution is -0.137. The van der Waals surface area contributed by atoms with Crippen LogP contribution in [0.25, 0.3) is 0 Å². The molecule has 0 saturated heterocycles. The maximum Gasteiger partial charge on any atom is 0.303 e. The first-order chi connectivity index (χ1) is 11.7. The van der Waals surface area contributed by atoms with Crippen molar-refractivity contribution in [2.45, 2.75) is 110 Å². The molecule has 0 aromatic rings. The van der Waals surface area contributed by atoms with Gasteiger partial charge in [0.05, 0.1) is 0 Å². The molecule has 0 spiro atoms. The van der Waals surface area contributed by atoms with Gasteiger partial charge in [-0.25, -0.2) is 0 Å². The van der Waals surface area contributed by atoms with E-state index in [4.69, 9.17) is 5.11 Å². The average Bonchev–Trinajstić information content (AvgIpc) is 2.57. The van der Waals surface area contributed by atoms with Crippen LogP contribution in [0.15, 0.2) is 0 Å². The molecule has 1 atom stereocenters. The highest BCUT2D eigenvalue weighted by Crippen LogP contribution is 2.14. The number of carboxylic acid groups (broad SMARTS) is 1. The Morgan fingerprint density at radius 3 is 1.38 bits per heavy atom. The van der Waals surface area contributed by atoms with E-state index in [-0.39, 0.29) is 0 Å². The zero-order valence-corrected chi connectivity index (χ0v) is 16.7. The summed E-state index contributed by atoms with van der Waals surface area (Å²) in [5.74, 6) is 1.05. The lowest BCUT2D eigenvalue weighted by atomic mass is 10.0. The van der Waals surface area contributed by atoms with E-state index in [1.54, 1.807) is 0 Å². The molecule has 0 aliphatic heterocycles. The Kier molecular flexibility index (Phi) is 18.9. The molecule has 4 heteroatoms. The summed E-state index contributed by atoms with van der Waals surface area (Å²) in [4.78, 5) is 10.4.